The number of halogens is 1. The number of carbonyl (C=O) groups is 5. The van der Waals surface area contributed by atoms with Crippen LogP contribution in [0.4, 0.5) is 9.59 Å². The fourth-order valence-corrected chi connectivity index (χ4v) is 11.8. The number of hydrogen-bond donors (Lipinski definition) is 4. The standard InChI is InChI=1S/C51H73IN6O12S/c1-10-30(2)51(52,45(61)56-71(65,66)50(9)22-23-50)55-42(59)38-24-34(27-58(38)44(60)41(48(3,4)5)54-46(62)63)68-43-36(18-13-11-12-16-31-20-21-31)40(35-17-14-15-19-37(35)53-43)69-39-32-25-57(26-33(39)29-67-28-32)47(64)70-49(6,7)8/h10,14-15,17,19,30-34,38-39,41,54H,1,11-13,16,18,20-29H2,2-9H3,(H,55,59)(H,56,61)(H,62,63)/t30?,32?,33?,34?,38-,39?,41+,51?/m0/s1. The molecule has 0 radical (unpaired) electrons. The average Bonchev–Trinajstić information content (AvgIpc) is 4.22. The molecule has 5 fully saturated rings. The van der Waals surface area contributed by atoms with Crippen molar-refractivity contribution in [3.8, 4) is 11.6 Å². The summed E-state index contributed by atoms with van der Waals surface area (Å²) in [5.74, 6) is -1.92. The van der Waals surface area contributed by atoms with E-state index in [1.165, 1.54) is 30.2 Å². The third-order valence-corrected chi connectivity index (χ3v) is 18.4. The topological polar surface area (TPSA) is 232 Å². The van der Waals surface area contributed by atoms with E-state index in [0.29, 0.717) is 56.8 Å². The number of aromatic nitrogens is 1. The molecule has 392 valence electrons. The Morgan fingerprint density at radius 3 is 2.25 bits per heavy atom. The highest BCUT2D eigenvalue weighted by Gasteiger charge is 2.55. The molecule has 7 atom stereocenters. The fourth-order valence-electron chi connectivity index (χ4n) is 9.71. The highest BCUT2D eigenvalue weighted by atomic mass is 127. The van der Waals surface area contributed by atoms with Crippen molar-refractivity contribution in [3.63, 3.8) is 0 Å². The van der Waals surface area contributed by atoms with E-state index in [9.17, 15) is 37.5 Å². The van der Waals surface area contributed by atoms with Crippen molar-refractivity contribution in [3.05, 3.63) is 42.5 Å². The molecular formula is C51H73IN6O12S. The number of para-hydroxylation sites is 1. The van der Waals surface area contributed by atoms with E-state index >= 15 is 0 Å². The number of benzene rings is 1. The minimum absolute atomic E-state index is 0.0924. The van der Waals surface area contributed by atoms with Crippen molar-refractivity contribution < 1.29 is 56.4 Å². The lowest BCUT2D eigenvalue weighted by molar-refractivity contribution is -0.142. The molecule has 2 aliphatic carbocycles. The number of rotatable bonds is 19. The molecule has 4 N–H and O–H groups in total. The molecule has 5 unspecified atom stereocenters. The number of likely N-dealkylation sites (tertiary alicyclic amines) is 2. The van der Waals surface area contributed by atoms with Crippen molar-refractivity contribution in [1.29, 1.82) is 0 Å². The van der Waals surface area contributed by atoms with Gasteiger partial charge in [0, 0.05) is 42.7 Å². The lowest BCUT2D eigenvalue weighted by atomic mass is 9.84. The number of nitrogens with one attached hydrogen (secondary N) is 3. The number of sulfonamides is 1. The monoisotopic (exact) mass is 1120 g/mol. The quantitative estimate of drug-likeness (QED) is 0.0362. The van der Waals surface area contributed by atoms with Crippen molar-refractivity contribution >= 4 is 73.4 Å². The molecule has 1 aromatic heterocycles. The molecule has 1 aromatic carbocycles. The molecule has 71 heavy (non-hydrogen) atoms. The number of ether oxygens (including phenoxy) is 4. The Kier molecular flexibility index (Phi) is 16.2. The number of carboxylic acid groups (broad SMARTS) is 1. The second-order valence-electron chi connectivity index (χ2n) is 22.7. The van der Waals surface area contributed by atoms with Crippen molar-refractivity contribution in [2.75, 3.05) is 32.8 Å². The predicted octanol–water partition coefficient (Wildman–Crippen LogP) is 7.11. The van der Waals surface area contributed by atoms with Gasteiger partial charge in [-0.15, -0.1) is 6.58 Å². The van der Waals surface area contributed by atoms with Crippen LogP contribution in [0.2, 0.25) is 0 Å². The molecule has 2 saturated carbocycles. The van der Waals surface area contributed by atoms with Crippen molar-refractivity contribution in [2.24, 2.45) is 29.1 Å². The molecular weight excluding hydrogens is 1050 g/mol. The van der Waals surface area contributed by atoms with Gasteiger partial charge in [-0.2, -0.15) is 0 Å². The Morgan fingerprint density at radius 1 is 1.00 bits per heavy atom. The summed E-state index contributed by atoms with van der Waals surface area (Å²) in [5.41, 5.74) is -0.288. The molecule has 3 aliphatic heterocycles. The van der Waals surface area contributed by atoms with Crippen LogP contribution < -0.4 is 24.8 Å². The molecule has 2 aromatic rings. The van der Waals surface area contributed by atoms with Crippen LogP contribution in [0.15, 0.2) is 36.9 Å². The number of unbranched alkanes of at least 4 members (excludes halogenated alkanes) is 2. The van der Waals surface area contributed by atoms with Gasteiger partial charge in [0.2, 0.25) is 27.7 Å². The number of amides is 5. The van der Waals surface area contributed by atoms with Gasteiger partial charge in [-0.05, 0) is 99.4 Å². The predicted molar refractivity (Wildman–Crippen MR) is 275 cm³/mol. The average molecular weight is 1120 g/mol. The van der Waals surface area contributed by atoms with Crippen LogP contribution in [-0.4, -0.2) is 129 Å². The largest absolute Gasteiger partial charge is 0.488 e. The van der Waals surface area contributed by atoms with Crippen LogP contribution in [0.3, 0.4) is 0 Å². The molecule has 20 heteroatoms. The number of hydrogen-bond acceptors (Lipinski definition) is 12. The Balaban J connectivity index is 1.24. The molecule has 2 bridgehead atoms. The zero-order valence-electron chi connectivity index (χ0n) is 42.4. The first-order valence-electron chi connectivity index (χ1n) is 25.0. The van der Waals surface area contributed by atoms with Gasteiger partial charge < -0.3 is 44.5 Å². The SMILES string of the molecule is C=CC(C)C(I)(NC(=O)[C@@H]1CC(Oc2nc3ccccc3c(OC3C4COCC3CN(C(=O)OC(C)(C)C)C4)c2CCCCCC2CC2)CN1C(=O)[C@@H](NC(=O)O)C(C)(C)C)C(=O)NS(=O)(=O)C1(C)CC1. The third-order valence-electron chi connectivity index (χ3n) is 14.5. The highest BCUT2D eigenvalue weighted by Crippen LogP contribution is 2.44. The van der Waals surface area contributed by atoms with Crippen LogP contribution in [0.1, 0.15) is 119 Å². The summed E-state index contributed by atoms with van der Waals surface area (Å²) in [6.07, 6.45) is 6.16. The first-order valence-corrected chi connectivity index (χ1v) is 27.6. The Hall–Kier alpha value is -4.44. The van der Waals surface area contributed by atoms with Crippen LogP contribution >= 0.6 is 22.6 Å². The van der Waals surface area contributed by atoms with E-state index in [1.807, 2.05) is 45.0 Å². The first kappa shape index (κ1) is 54.3. The van der Waals surface area contributed by atoms with Crippen LogP contribution in [0.25, 0.3) is 10.9 Å². The summed E-state index contributed by atoms with van der Waals surface area (Å²) < 4.78 is 51.8. The molecule has 5 aliphatic rings. The second kappa shape index (κ2) is 21.2. The molecule has 0 spiro atoms. The zero-order valence-corrected chi connectivity index (χ0v) is 45.4. The number of fused-ring (bicyclic) bond motifs is 3. The number of pyridine rings is 1. The normalized spacial score (nSPS) is 24.7. The molecule has 5 amide bonds. The minimum atomic E-state index is -4.12. The Labute approximate surface area is 431 Å². The summed E-state index contributed by atoms with van der Waals surface area (Å²) >= 11 is 1.73. The lowest BCUT2D eigenvalue weighted by Gasteiger charge is -2.46. The summed E-state index contributed by atoms with van der Waals surface area (Å²) in [5, 5.41) is 15.8. The lowest BCUT2D eigenvalue weighted by Crippen LogP contribution is -2.63. The second-order valence-corrected chi connectivity index (χ2v) is 26.5. The van der Waals surface area contributed by atoms with Crippen LogP contribution in [0.5, 0.6) is 11.6 Å². The molecule has 18 nitrogen and oxygen atoms in total. The summed E-state index contributed by atoms with van der Waals surface area (Å²) in [6.45, 7) is 19.0. The van der Waals surface area contributed by atoms with E-state index in [1.54, 1.807) is 62.1 Å². The van der Waals surface area contributed by atoms with Crippen LogP contribution in [-0.2, 0) is 40.3 Å². The third kappa shape index (κ3) is 12.7. The van der Waals surface area contributed by atoms with Crippen molar-refractivity contribution in [2.45, 2.75) is 158 Å². The number of carbonyl (C=O) groups excluding carboxylic acids is 4. The Bertz CT molecular complexity index is 2460. The zero-order chi connectivity index (χ0) is 51.8. The minimum Gasteiger partial charge on any atom is -0.488 e. The molecule has 7 rings (SSSR count). The Morgan fingerprint density at radius 2 is 1.66 bits per heavy atom. The van der Waals surface area contributed by atoms with Gasteiger partial charge in [-0.1, -0.05) is 78.0 Å². The van der Waals surface area contributed by atoms with Gasteiger partial charge in [0.15, 0.2) is 3.55 Å². The van der Waals surface area contributed by atoms with E-state index in [2.05, 4.69) is 21.9 Å². The van der Waals surface area contributed by atoms with E-state index in [0.717, 1.165) is 36.1 Å². The van der Waals surface area contributed by atoms with E-state index < -0.39 is 77.3 Å². The number of piperidine rings is 1. The van der Waals surface area contributed by atoms with Gasteiger partial charge >= 0.3 is 12.2 Å². The van der Waals surface area contributed by atoms with Gasteiger partial charge in [0.1, 0.15) is 35.6 Å². The van der Waals surface area contributed by atoms with Crippen LogP contribution in [0, 0.1) is 29.1 Å². The first-order chi connectivity index (χ1) is 33.2. The highest BCUT2D eigenvalue weighted by molar-refractivity contribution is 14.1. The van der Waals surface area contributed by atoms with Gasteiger partial charge in [0.05, 0.1) is 35.6 Å². The number of nitrogens with zero attached hydrogens (tertiary/aromatic N) is 3. The van der Waals surface area contributed by atoms with E-state index in [4.69, 9.17) is 23.9 Å². The fraction of sp³-hybridized carbons (Fsp3) is 0.686. The maximum absolute atomic E-state index is 14.8. The molecule has 3 saturated heterocycles. The molecule has 4 heterocycles. The van der Waals surface area contributed by atoms with Gasteiger partial charge in [-0.25, -0.2) is 27.7 Å². The maximum Gasteiger partial charge on any atom is 0.410 e. The number of alkyl halides is 1. The van der Waals surface area contributed by atoms with Gasteiger partial charge in [-0.3, -0.25) is 14.4 Å². The summed E-state index contributed by atoms with van der Waals surface area (Å²) in [7, 11) is -4.12. The smallest absolute Gasteiger partial charge is 0.410 e. The summed E-state index contributed by atoms with van der Waals surface area (Å²) in [6, 6.07) is 5.02. The maximum atomic E-state index is 14.8. The summed E-state index contributed by atoms with van der Waals surface area (Å²) in [4.78, 5) is 77.2. The van der Waals surface area contributed by atoms with Gasteiger partial charge in [0.25, 0.3) is 5.91 Å². The van der Waals surface area contributed by atoms with Crippen molar-refractivity contribution in [1.82, 2.24) is 30.1 Å². The van der Waals surface area contributed by atoms with E-state index in [-0.39, 0.29) is 42.9 Å².